The number of nitrogens with zero attached hydrogens (tertiary/aromatic N) is 1. The third-order valence-corrected chi connectivity index (χ3v) is 6.69. The summed E-state index contributed by atoms with van der Waals surface area (Å²) in [5, 5.41) is 10.0. The van der Waals surface area contributed by atoms with Crippen LogP contribution in [0, 0.1) is 36.2 Å². The van der Waals surface area contributed by atoms with Crippen molar-refractivity contribution in [2.24, 2.45) is 11.8 Å². The van der Waals surface area contributed by atoms with Crippen molar-refractivity contribution in [3.63, 3.8) is 0 Å². The van der Waals surface area contributed by atoms with Gasteiger partial charge in [0.15, 0.2) is 17.5 Å². The zero-order valence-corrected chi connectivity index (χ0v) is 22.9. The molecule has 0 radical (unpaired) electrons. The Bertz CT molecular complexity index is 1210. The number of benzene rings is 3. The molecule has 0 aliphatic carbocycles. The average Bonchev–Trinajstić information content (AvgIpc) is 2.84. The Labute approximate surface area is 224 Å². The molecule has 0 aromatic heterocycles. The molecule has 0 spiro atoms. The van der Waals surface area contributed by atoms with E-state index in [1.165, 1.54) is 0 Å². The van der Waals surface area contributed by atoms with Crippen LogP contribution in [-0.2, 0) is 17.9 Å². The van der Waals surface area contributed by atoms with Crippen LogP contribution >= 0.6 is 0 Å². The van der Waals surface area contributed by atoms with Crippen LogP contribution in [0.15, 0.2) is 54.6 Å². The fourth-order valence-corrected chi connectivity index (χ4v) is 4.64. The Morgan fingerprint density at radius 3 is 1.92 bits per heavy atom. The van der Waals surface area contributed by atoms with Crippen molar-refractivity contribution in [3.8, 4) is 11.1 Å². The van der Waals surface area contributed by atoms with Crippen molar-refractivity contribution in [2.45, 2.75) is 66.5 Å². The van der Waals surface area contributed by atoms with E-state index in [2.05, 4.69) is 24.8 Å². The fourth-order valence-electron chi connectivity index (χ4n) is 4.64. The molecule has 3 nitrogen and oxygen atoms in total. The minimum Gasteiger partial charge on any atom is -0.481 e. The first kappa shape index (κ1) is 29.4. The number of hydrogen-bond donors (Lipinski definition) is 1. The van der Waals surface area contributed by atoms with E-state index in [4.69, 9.17) is 0 Å². The van der Waals surface area contributed by atoms with Gasteiger partial charge in [-0.1, -0.05) is 69.7 Å². The van der Waals surface area contributed by atoms with Gasteiger partial charge in [0.1, 0.15) is 0 Å². The highest BCUT2D eigenvalue weighted by Gasteiger charge is 2.23. The van der Waals surface area contributed by atoms with E-state index in [-0.39, 0.29) is 12.5 Å². The third kappa shape index (κ3) is 8.19. The van der Waals surface area contributed by atoms with Gasteiger partial charge in [-0.3, -0.25) is 9.69 Å². The highest BCUT2D eigenvalue weighted by Crippen LogP contribution is 2.31. The van der Waals surface area contributed by atoms with Crippen molar-refractivity contribution in [2.75, 3.05) is 6.54 Å². The molecule has 38 heavy (non-hydrogen) atoms. The molecule has 1 unspecified atom stereocenters. The maximum atomic E-state index is 13.9. The standard InChI is InChI=1S/C32H38F3NO2/c1-20(2)10-11-36(19-24-15-29(33)31(35)30(34)16-24)18-23-13-26(25-8-6-22(5)7-9-25)17-27(14-23)28(32(37)38)12-21(3)4/h6-9,13-17,20-21,28H,10-12,18-19H2,1-5H3,(H,37,38). The van der Waals surface area contributed by atoms with Crippen LogP contribution in [0.4, 0.5) is 13.2 Å². The molecule has 3 aromatic carbocycles. The van der Waals surface area contributed by atoms with Crippen LogP contribution in [0.3, 0.4) is 0 Å². The second-order valence-corrected chi connectivity index (χ2v) is 11.1. The topological polar surface area (TPSA) is 40.5 Å². The minimum atomic E-state index is -1.47. The predicted octanol–water partition coefficient (Wildman–Crippen LogP) is 8.34. The fraction of sp³-hybridized carbons (Fsp3) is 0.406. The zero-order valence-electron chi connectivity index (χ0n) is 22.9. The number of carboxylic acids is 1. The molecule has 0 heterocycles. The number of rotatable bonds is 12. The highest BCUT2D eigenvalue weighted by molar-refractivity contribution is 5.77. The summed E-state index contributed by atoms with van der Waals surface area (Å²) in [4.78, 5) is 14.3. The summed E-state index contributed by atoms with van der Waals surface area (Å²) >= 11 is 0. The monoisotopic (exact) mass is 525 g/mol. The average molecular weight is 526 g/mol. The molecule has 0 amide bonds. The predicted molar refractivity (Wildman–Crippen MR) is 146 cm³/mol. The molecule has 0 saturated carbocycles. The van der Waals surface area contributed by atoms with Crippen molar-refractivity contribution in [3.05, 3.63) is 94.3 Å². The van der Waals surface area contributed by atoms with Crippen molar-refractivity contribution < 1.29 is 23.1 Å². The first-order valence-corrected chi connectivity index (χ1v) is 13.2. The van der Waals surface area contributed by atoms with Crippen molar-refractivity contribution >= 4 is 5.97 Å². The van der Waals surface area contributed by atoms with Gasteiger partial charge >= 0.3 is 5.97 Å². The Kier molecular flexibility index (Phi) is 10.1. The van der Waals surface area contributed by atoms with Crippen LogP contribution < -0.4 is 0 Å². The summed E-state index contributed by atoms with van der Waals surface area (Å²) in [7, 11) is 0. The first-order chi connectivity index (χ1) is 17.9. The van der Waals surface area contributed by atoms with E-state index in [1.807, 2.05) is 57.2 Å². The lowest BCUT2D eigenvalue weighted by Gasteiger charge is -2.25. The molecule has 0 fully saturated rings. The summed E-state index contributed by atoms with van der Waals surface area (Å²) in [5.41, 5.74) is 5.05. The lowest BCUT2D eigenvalue weighted by molar-refractivity contribution is -0.139. The van der Waals surface area contributed by atoms with Gasteiger partial charge in [-0.25, -0.2) is 13.2 Å². The maximum absolute atomic E-state index is 13.9. The normalized spacial score (nSPS) is 12.5. The van der Waals surface area contributed by atoms with Crippen molar-refractivity contribution in [1.82, 2.24) is 4.90 Å². The van der Waals surface area contributed by atoms with Gasteiger partial charge < -0.3 is 5.11 Å². The molecule has 0 aliphatic rings. The smallest absolute Gasteiger partial charge is 0.310 e. The van der Waals surface area contributed by atoms with Gasteiger partial charge in [0, 0.05) is 13.1 Å². The molecule has 1 N–H and O–H groups in total. The highest BCUT2D eigenvalue weighted by atomic mass is 19.2. The summed E-state index contributed by atoms with van der Waals surface area (Å²) in [6.45, 7) is 11.6. The molecule has 1 atom stereocenters. The van der Waals surface area contributed by atoms with Gasteiger partial charge in [0.2, 0.25) is 0 Å². The van der Waals surface area contributed by atoms with Gasteiger partial charge in [0.25, 0.3) is 0 Å². The molecule has 3 aromatic rings. The molecule has 3 rings (SSSR count). The second-order valence-electron chi connectivity index (χ2n) is 11.1. The van der Waals surface area contributed by atoms with Gasteiger partial charge in [-0.2, -0.15) is 0 Å². The molecule has 0 bridgehead atoms. The summed E-state index contributed by atoms with van der Waals surface area (Å²) in [6.07, 6.45) is 1.37. The van der Waals surface area contributed by atoms with Crippen LogP contribution in [-0.4, -0.2) is 22.5 Å². The van der Waals surface area contributed by atoms with E-state index in [0.717, 1.165) is 46.4 Å². The maximum Gasteiger partial charge on any atom is 0.310 e. The van der Waals surface area contributed by atoms with E-state index < -0.39 is 29.3 Å². The van der Waals surface area contributed by atoms with Gasteiger partial charge in [-0.05, 0) is 84.2 Å². The Balaban J connectivity index is 2.03. The zero-order chi connectivity index (χ0) is 28.0. The van der Waals surface area contributed by atoms with Gasteiger partial charge in [0.05, 0.1) is 5.92 Å². The molecular weight excluding hydrogens is 487 g/mol. The number of carboxylic acid groups (broad SMARTS) is 1. The van der Waals surface area contributed by atoms with E-state index in [0.29, 0.717) is 31.0 Å². The van der Waals surface area contributed by atoms with E-state index >= 15 is 0 Å². The van der Waals surface area contributed by atoms with Crippen LogP contribution in [0.2, 0.25) is 0 Å². The number of halogens is 3. The Morgan fingerprint density at radius 1 is 0.816 bits per heavy atom. The summed E-state index contributed by atoms with van der Waals surface area (Å²) in [6, 6.07) is 16.1. The summed E-state index contributed by atoms with van der Waals surface area (Å²) < 4.78 is 41.4. The van der Waals surface area contributed by atoms with Crippen LogP contribution in [0.25, 0.3) is 11.1 Å². The molecule has 204 valence electrons. The third-order valence-electron chi connectivity index (χ3n) is 6.69. The van der Waals surface area contributed by atoms with Crippen LogP contribution in [0.1, 0.15) is 68.7 Å². The lowest BCUT2D eigenvalue weighted by Crippen LogP contribution is -2.25. The minimum absolute atomic E-state index is 0.202. The lowest BCUT2D eigenvalue weighted by atomic mass is 9.87. The molecular formula is C32H38F3NO2. The number of carbonyl (C=O) groups is 1. The Morgan fingerprint density at radius 2 is 1.39 bits per heavy atom. The quantitative estimate of drug-likeness (QED) is 0.242. The number of hydrogen-bond acceptors (Lipinski definition) is 2. The van der Waals surface area contributed by atoms with E-state index in [1.54, 1.807) is 0 Å². The second kappa shape index (κ2) is 13.1. The molecule has 0 aliphatic heterocycles. The SMILES string of the molecule is Cc1ccc(-c2cc(CN(CCC(C)C)Cc3cc(F)c(F)c(F)c3)cc(C(CC(C)C)C(=O)O)c2)cc1. The Hall–Kier alpha value is -3.12. The first-order valence-electron chi connectivity index (χ1n) is 13.2. The summed E-state index contributed by atoms with van der Waals surface area (Å²) in [5.74, 6) is -4.77. The number of aryl methyl sites for hydroxylation is 1. The van der Waals surface area contributed by atoms with Crippen LogP contribution in [0.5, 0.6) is 0 Å². The van der Waals surface area contributed by atoms with E-state index in [9.17, 15) is 23.1 Å². The number of aliphatic carboxylic acids is 1. The van der Waals surface area contributed by atoms with Crippen molar-refractivity contribution in [1.29, 1.82) is 0 Å². The molecule has 6 heteroatoms. The molecule has 0 saturated heterocycles. The largest absolute Gasteiger partial charge is 0.481 e. The van der Waals surface area contributed by atoms with Gasteiger partial charge in [-0.15, -0.1) is 0 Å².